The van der Waals surface area contributed by atoms with E-state index in [1.807, 2.05) is 0 Å². The number of benzene rings is 1. The van der Waals surface area contributed by atoms with E-state index in [0.29, 0.717) is 22.2 Å². The average molecular weight is 841 g/mol. The van der Waals surface area contributed by atoms with Gasteiger partial charge >= 0.3 is 18.2 Å². The lowest BCUT2D eigenvalue weighted by Crippen LogP contribution is -2.60. The monoisotopic (exact) mass is 839 g/mol. The lowest BCUT2D eigenvalue weighted by molar-refractivity contribution is -0.159. The molecule has 3 rings (SSSR count). The largest absolute Gasteiger partial charge is 0.464 e. The van der Waals surface area contributed by atoms with Crippen LogP contribution in [-0.2, 0) is 42.9 Å². The highest BCUT2D eigenvalue weighted by Gasteiger charge is 2.69. The highest BCUT2D eigenvalue weighted by Crippen LogP contribution is 2.51. The van der Waals surface area contributed by atoms with Crippen LogP contribution >= 0.6 is 15.9 Å². The topological polar surface area (TPSA) is 175 Å². The number of unbranched alkanes of at least 4 members (excludes halogenated alkanes) is 3. The van der Waals surface area contributed by atoms with E-state index in [2.05, 4.69) is 34.4 Å². The molecular formula is C38H54BrN3O11S. The predicted octanol–water partition coefficient (Wildman–Crippen LogP) is 6.43. The Morgan fingerprint density at radius 3 is 2.19 bits per heavy atom. The van der Waals surface area contributed by atoms with Crippen molar-refractivity contribution in [2.45, 2.75) is 133 Å². The second-order valence-electron chi connectivity index (χ2n) is 15.3. The fraction of sp³-hybridized carbons (Fsp3) is 0.605. The molecule has 2 fully saturated rings. The SMILES string of the molecule is C=CCCCCC[C@H](NC(=O)OC(C)(C)C)C(=O)N1C[C@@H](OS(=O)(=O)c2ccc(Br)cc2)C[C@H]1C(=O)N(C(=O)OC(C)(C)C)[C@]1(C(=O)OCC)C[C@H]1C=C. The van der Waals surface area contributed by atoms with Crippen LogP contribution in [0.15, 0.2) is 58.9 Å². The third-order valence-electron chi connectivity index (χ3n) is 8.68. The molecule has 0 radical (unpaired) electrons. The van der Waals surface area contributed by atoms with Crippen molar-refractivity contribution in [3.8, 4) is 0 Å². The van der Waals surface area contributed by atoms with E-state index in [4.69, 9.17) is 18.4 Å². The van der Waals surface area contributed by atoms with Crippen molar-refractivity contribution in [1.82, 2.24) is 15.1 Å². The maximum Gasteiger partial charge on any atom is 0.418 e. The fourth-order valence-corrected chi connectivity index (χ4v) is 7.54. The number of alkyl carbamates (subject to hydrolysis) is 1. The Morgan fingerprint density at radius 1 is 1.02 bits per heavy atom. The Hall–Kier alpha value is -3.76. The molecule has 300 valence electrons. The molecule has 1 aromatic carbocycles. The Balaban J connectivity index is 2.12. The first-order valence-electron chi connectivity index (χ1n) is 18.1. The summed E-state index contributed by atoms with van der Waals surface area (Å²) in [5.74, 6) is -3.30. The number of ether oxygens (including phenoxy) is 3. The molecule has 1 N–H and O–H groups in total. The van der Waals surface area contributed by atoms with Gasteiger partial charge in [-0.3, -0.25) is 13.8 Å². The molecule has 0 bridgehead atoms. The maximum absolute atomic E-state index is 14.9. The number of nitrogens with one attached hydrogen (secondary N) is 1. The number of carbonyl (C=O) groups is 5. The van der Waals surface area contributed by atoms with Gasteiger partial charge in [0.1, 0.15) is 23.3 Å². The van der Waals surface area contributed by atoms with Crippen molar-refractivity contribution < 1.29 is 50.8 Å². The third-order valence-corrected chi connectivity index (χ3v) is 10.6. The second-order valence-corrected chi connectivity index (χ2v) is 17.8. The van der Waals surface area contributed by atoms with Crippen molar-refractivity contribution >= 4 is 56.0 Å². The van der Waals surface area contributed by atoms with Crippen LogP contribution in [0, 0.1) is 5.92 Å². The molecule has 2 aliphatic rings. The van der Waals surface area contributed by atoms with Crippen molar-refractivity contribution in [3.63, 3.8) is 0 Å². The number of carbonyl (C=O) groups excluding carboxylic acids is 5. The highest BCUT2D eigenvalue weighted by molar-refractivity contribution is 9.10. The van der Waals surface area contributed by atoms with Crippen LogP contribution in [0.3, 0.4) is 0 Å². The maximum atomic E-state index is 14.9. The highest BCUT2D eigenvalue weighted by atomic mass is 79.9. The molecule has 0 aromatic heterocycles. The van der Waals surface area contributed by atoms with Gasteiger partial charge in [0.25, 0.3) is 16.0 Å². The first-order chi connectivity index (χ1) is 25.1. The molecule has 1 aliphatic carbocycles. The first-order valence-corrected chi connectivity index (χ1v) is 20.3. The number of amides is 4. The zero-order valence-electron chi connectivity index (χ0n) is 32.2. The summed E-state index contributed by atoms with van der Waals surface area (Å²) in [6.45, 7) is 18.4. The van der Waals surface area contributed by atoms with Gasteiger partial charge < -0.3 is 24.4 Å². The van der Waals surface area contributed by atoms with E-state index in [-0.39, 0.29) is 30.8 Å². The Kier molecular flexibility index (Phi) is 15.1. The number of hydrogen-bond acceptors (Lipinski definition) is 11. The number of nitrogens with zero attached hydrogens (tertiary/aromatic N) is 2. The van der Waals surface area contributed by atoms with Crippen LogP contribution in [0.5, 0.6) is 0 Å². The Morgan fingerprint density at radius 2 is 1.65 bits per heavy atom. The van der Waals surface area contributed by atoms with E-state index in [0.717, 1.165) is 17.7 Å². The first kappa shape index (κ1) is 44.6. The number of esters is 1. The van der Waals surface area contributed by atoms with Crippen LogP contribution in [0.1, 0.15) is 93.4 Å². The average Bonchev–Trinajstić information content (AvgIpc) is 3.64. The molecule has 0 spiro atoms. The van der Waals surface area contributed by atoms with Crippen LogP contribution in [0.4, 0.5) is 9.59 Å². The van der Waals surface area contributed by atoms with Gasteiger partial charge in [0.15, 0.2) is 5.54 Å². The smallest absolute Gasteiger partial charge is 0.418 e. The summed E-state index contributed by atoms with van der Waals surface area (Å²) >= 11 is 3.28. The van der Waals surface area contributed by atoms with Gasteiger partial charge in [-0.25, -0.2) is 19.3 Å². The number of rotatable bonds is 16. The van der Waals surface area contributed by atoms with E-state index in [9.17, 15) is 32.4 Å². The number of allylic oxidation sites excluding steroid dienone is 1. The van der Waals surface area contributed by atoms with Crippen molar-refractivity contribution in [1.29, 1.82) is 0 Å². The van der Waals surface area contributed by atoms with Crippen LogP contribution in [-0.4, -0.2) is 96.3 Å². The lowest BCUT2D eigenvalue weighted by Gasteiger charge is -2.36. The number of imide groups is 1. The zero-order chi connectivity index (χ0) is 40.6. The predicted molar refractivity (Wildman–Crippen MR) is 204 cm³/mol. The number of halogens is 1. The number of likely N-dealkylation sites (tertiary alicyclic amines) is 1. The van der Waals surface area contributed by atoms with E-state index in [1.54, 1.807) is 54.5 Å². The Labute approximate surface area is 327 Å². The molecule has 54 heavy (non-hydrogen) atoms. The Bertz CT molecular complexity index is 1670. The van der Waals surface area contributed by atoms with Gasteiger partial charge in [0.2, 0.25) is 5.91 Å². The molecule has 5 atom stereocenters. The summed E-state index contributed by atoms with van der Waals surface area (Å²) in [6.07, 6.45) is 2.42. The van der Waals surface area contributed by atoms with Crippen molar-refractivity contribution in [2.24, 2.45) is 5.92 Å². The second kappa shape index (κ2) is 18.2. The van der Waals surface area contributed by atoms with Gasteiger partial charge in [-0.1, -0.05) is 40.9 Å². The van der Waals surface area contributed by atoms with E-state index >= 15 is 0 Å². The van der Waals surface area contributed by atoms with E-state index in [1.165, 1.54) is 30.3 Å². The molecule has 14 nitrogen and oxygen atoms in total. The molecule has 1 saturated carbocycles. The van der Waals surface area contributed by atoms with Crippen LogP contribution < -0.4 is 5.32 Å². The van der Waals surface area contributed by atoms with Gasteiger partial charge in [0.05, 0.1) is 17.6 Å². The molecule has 1 aromatic rings. The van der Waals surface area contributed by atoms with Crippen LogP contribution in [0.25, 0.3) is 0 Å². The van der Waals surface area contributed by atoms with Crippen LogP contribution in [0.2, 0.25) is 0 Å². The number of hydrogen-bond donors (Lipinski definition) is 1. The summed E-state index contributed by atoms with van der Waals surface area (Å²) in [4.78, 5) is 71.7. The standard InChI is InChI=1S/C38H54BrN3O11S/c1-10-13-14-15-16-17-29(40-34(46)51-36(4,5)6)31(43)41-24-27(53-54(48,49)28-20-18-26(39)19-21-28)22-30(41)32(44)42(35(47)52-37(7,8)9)38(23-25(38)11-2)33(45)50-12-3/h10-11,18-21,25,27,29-30H,1-2,12-17,22-24H2,3-9H3,(H,40,46)/t25-,27+,29+,30+,38-/m1/s1. The summed E-state index contributed by atoms with van der Waals surface area (Å²) in [5, 5.41) is 2.63. The quantitative estimate of drug-likeness (QED) is 0.0639. The fourth-order valence-electron chi connectivity index (χ4n) is 6.20. The zero-order valence-corrected chi connectivity index (χ0v) is 34.6. The van der Waals surface area contributed by atoms with Gasteiger partial charge in [-0.2, -0.15) is 8.42 Å². The normalized spacial score (nSPS) is 21.7. The van der Waals surface area contributed by atoms with Gasteiger partial charge in [0, 0.05) is 23.4 Å². The minimum absolute atomic E-state index is 0.00755. The molecule has 1 aliphatic heterocycles. The van der Waals surface area contributed by atoms with Gasteiger partial charge in [-0.15, -0.1) is 13.2 Å². The molecule has 1 saturated heterocycles. The van der Waals surface area contributed by atoms with Crippen molar-refractivity contribution in [3.05, 3.63) is 54.0 Å². The van der Waals surface area contributed by atoms with Crippen molar-refractivity contribution in [2.75, 3.05) is 13.2 Å². The minimum atomic E-state index is -4.41. The summed E-state index contributed by atoms with van der Waals surface area (Å²) in [7, 11) is -4.41. The molecule has 16 heteroatoms. The molecule has 1 heterocycles. The molecular weight excluding hydrogens is 786 g/mol. The van der Waals surface area contributed by atoms with E-state index < -0.39 is 87.5 Å². The van der Waals surface area contributed by atoms with Gasteiger partial charge in [-0.05, 0) is 98.4 Å². The minimum Gasteiger partial charge on any atom is -0.464 e. The molecule has 4 amide bonds. The molecule has 0 unspecified atom stereocenters. The summed E-state index contributed by atoms with van der Waals surface area (Å²) < 4.78 is 49.6. The summed E-state index contributed by atoms with van der Waals surface area (Å²) in [5.41, 5.74) is -3.82. The summed E-state index contributed by atoms with van der Waals surface area (Å²) in [6, 6.07) is 2.97. The third kappa shape index (κ3) is 11.6. The lowest BCUT2D eigenvalue weighted by atomic mass is 10.0.